The smallest absolute Gasteiger partial charge is 0.238 e. The number of amides is 1. The summed E-state index contributed by atoms with van der Waals surface area (Å²) < 4.78 is 13.2. The van der Waals surface area contributed by atoms with Gasteiger partial charge < -0.3 is 5.32 Å². The zero-order valence-electron chi connectivity index (χ0n) is 14.7. The highest BCUT2D eigenvalue weighted by molar-refractivity contribution is 6.31. The predicted octanol–water partition coefficient (Wildman–Crippen LogP) is 2.94. The molecule has 0 bridgehead atoms. The van der Waals surface area contributed by atoms with Gasteiger partial charge >= 0.3 is 0 Å². The van der Waals surface area contributed by atoms with E-state index in [4.69, 9.17) is 11.6 Å². The molecule has 1 aliphatic heterocycles. The van der Waals surface area contributed by atoms with Gasteiger partial charge in [-0.15, -0.1) is 0 Å². The molecule has 1 saturated heterocycles. The summed E-state index contributed by atoms with van der Waals surface area (Å²) in [5, 5.41) is 2.76. The van der Waals surface area contributed by atoms with E-state index in [9.17, 15) is 9.18 Å². The average Bonchev–Trinajstić information content (AvgIpc) is 2.62. The van der Waals surface area contributed by atoms with Crippen molar-refractivity contribution >= 4 is 23.2 Å². The zero-order valence-corrected chi connectivity index (χ0v) is 15.5. The number of nitrogens with one attached hydrogen (secondary N) is 1. The number of piperazine rings is 1. The summed E-state index contributed by atoms with van der Waals surface area (Å²) in [6.45, 7) is 6.65. The van der Waals surface area contributed by atoms with Crippen molar-refractivity contribution in [1.29, 1.82) is 0 Å². The molecule has 0 spiro atoms. The van der Waals surface area contributed by atoms with Crippen LogP contribution in [0.4, 0.5) is 10.1 Å². The van der Waals surface area contributed by atoms with Gasteiger partial charge in [-0.3, -0.25) is 19.6 Å². The van der Waals surface area contributed by atoms with Gasteiger partial charge in [-0.25, -0.2) is 4.39 Å². The molecule has 1 fully saturated rings. The molecule has 1 amide bonds. The highest BCUT2D eigenvalue weighted by atomic mass is 35.5. The monoisotopic (exact) mass is 376 g/mol. The van der Waals surface area contributed by atoms with E-state index in [2.05, 4.69) is 33.1 Å². The minimum absolute atomic E-state index is 0.00114. The molecule has 7 heteroatoms. The first-order valence-electron chi connectivity index (χ1n) is 8.61. The predicted molar refractivity (Wildman–Crippen MR) is 101 cm³/mol. The second-order valence-corrected chi connectivity index (χ2v) is 6.90. The van der Waals surface area contributed by atoms with Crippen molar-refractivity contribution in [1.82, 2.24) is 14.8 Å². The summed E-state index contributed by atoms with van der Waals surface area (Å²) in [4.78, 5) is 21.1. The van der Waals surface area contributed by atoms with Crippen LogP contribution in [0.25, 0.3) is 0 Å². The topological polar surface area (TPSA) is 48.5 Å². The SMILES string of the molecule is Cc1cccnc1CN1CCN(CC(=O)Nc2ccc(F)c(Cl)c2)CC1. The van der Waals surface area contributed by atoms with Gasteiger partial charge in [-0.05, 0) is 36.8 Å². The van der Waals surface area contributed by atoms with Crippen LogP contribution in [0.1, 0.15) is 11.3 Å². The Hall–Kier alpha value is -2.02. The summed E-state index contributed by atoms with van der Waals surface area (Å²) in [5.74, 6) is -0.620. The van der Waals surface area contributed by atoms with Crippen LogP contribution >= 0.6 is 11.6 Å². The first-order valence-corrected chi connectivity index (χ1v) is 8.99. The fourth-order valence-electron chi connectivity index (χ4n) is 2.98. The van der Waals surface area contributed by atoms with Gasteiger partial charge in [0.2, 0.25) is 5.91 Å². The van der Waals surface area contributed by atoms with E-state index < -0.39 is 5.82 Å². The van der Waals surface area contributed by atoms with E-state index >= 15 is 0 Å². The number of anilines is 1. The number of hydrogen-bond donors (Lipinski definition) is 1. The molecule has 0 atom stereocenters. The Morgan fingerprint density at radius 3 is 2.65 bits per heavy atom. The van der Waals surface area contributed by atoms with Gasteiger partial charge in [0.15, 0.2) is 0 Å². The van der Waals surface area contributed by atoms with Crippen molar-refractivity contribution in [2.24, 2.45) is 0 Å². The Bertz CT molecular complexity index is 778. The normalized spacial score (nSPS) is 15.8. The third kappa shape index (κ3) is 5.00. The van der Waals surface area contributed by atoms with Crippen LogP contribution in [-0.4, -0.2) is 53.4 Å². The highest BCUT2D eigenvalue weighted by Crippen LogP contribution is 2.19. The number of benzene rings is 1. The maximum Gasteiger partial charge on any atom is 0.238 e. The van der Waals surface area contributed by atoms with Gasteiger partial charge in [0.05, 0.1) is 17.3 Å². The number of carbonyl (C=O) groups excluding carboxylic acids is 1. The lowest BCUT2D eigenvalue weighted by Gasteiger charge is -2.34. The molecule has 0 unspecified atom stereocenters. The number of carbonyl (C=O) groups is 1. The minimum Gasteiger partial charge on any atom is -0.325 e. The van der Waals surface area contributed by atoms with Gasteiger partial charge in [0.25, 0.3) is 0 Å². The molecule has 138 valence electrons. The molecule has 0 radical (unpaired) electrons. The number of pyridine rings is 1. The maximum absolute atomic E-state index is 13.2. The van der Waals surface area contributed by atoms with Gasteiger partial charge in [-0.2, -0.15) is 0 Å². The second kappa shape index (κ2) is 8.58. The molecule has 0 saturated carbocycles. The molecule has 2 heterocycles. The van der Waals surface area contributed by atoms with Crippen LogP contribution in [0.2, 0.25) is 5.02 Å². The quantitative estimate of drug-likeness (QED) is 0.871. The summed E-state index contributed by atoms with van der Waals surface area (Å²) in [6, 6.07) is 8.19. The third-order valence-corrected chi connectivity index (χ3v) is 4.82. The Morgan fingerprint density at radius 1 is 1.23 bits per heavy atom. The molecule has 1 aliphatic rings. The standard InChI is InChI=1S/C19H22ClFN4O/c1-14-3-2-6-22-18(14)12-24-7-9-25(10-8-24)13-19(26)23-15-4-5-17(21)16(20)11-15/h2-6,11H,7-10,12-13H2,1H3,(H,23,26). The molecule has 1 N–H and O–H groups in total. The van der Waals surface area contributed by atoms with Gasteiger partial charge in [-0.1, -0.05) is 17.7 Å². The second-order valence-electron chi connectivity index (χ2n) is 6.50. The van der Waals surface area contributed by atoms with Crippen LogP contribution in [0.15, 0.2) is 36.5 Å². The molecule has 2 aromatic rings. The van der Waals surface area contributed by atoms with Crippen molar-refractivity contribution in [3.63, 3.8) is 0 Å². The van der Waals surface area contributed by atoms with Crippen LogP contribution in [0, 0.1) is 12.7 Å². The summed E-state index contributed by atoms with van der Waals surface area (Å²) in [7, 11) is 0. The number of rotatable bonds is 5. The lowest BCUT2D eigenvalue weighted by atomic mass is 10.2. The van der Waals surface area contributed by atoms with Crippen molar-refractivity contribution in [2.45, 2.75) is 13.5 Å². The number of halogens is 2. The van der Waals surface area contributed by atoms with Crippen molar-refractivity contribution < 1.29 is 9.18 Å². The number of nitrogens with zero attached hydrogens (tertiary/aromatic N) is 3. The Morgan fingerprint density at radius 2 is 1.96 bits per heavy atom. The van der Waals surface area contributed by atoms with E-state index in [0.29, 0.717) is 12.2 Å². The van der Waals surface area contributed by atoms with Crippen molar-refractivity contribution in [3.8, 4) is 0 Å². The van der Waals surface area contributed by atoms with Crippen molar-refractivity contribution in [2.75, 3.05) is 38.0 Å². The van der Waals surface area contributed by atoms with Gasteiger partial charge in [0, 0.05) is 44.6 Å². The van der Waals surface area contributed by atoms with E-state index in [1.165, 1.54) is 23.8 Å². The Balaban J connectivity index is 1.45. The number of hydrogen-bond acceptors (Lipinski definition) is 4. The molecular formula is C19H22ClFN4O. The number of aryl methyl sites for hydroxylation is 1. The molecule has 26 heavy (non-hydrogen) atoms. The molecular weight excluding hydrogens is 355 g/mol. The summed E-state index contributed by atoms with van der Waals surface area (Å²) in [6.07, 6.45) is 1.82. The van der Waals surface area contributed by atoms with E-state index in [1.807, 2.05) is 12.3 Å². The van der Waals surface area contributed by atoms with E-state index in [0.717, 1.165) is 38.4 Å². The van der Waals surface area contributed by atoms with E-state index in [1.54, 1.807) is 0 Å². The lowest BCUT2D eigenvalue weighted by Crippen LogP contribution is -2.48. The fourth-order valence-corrected chi connectivity index (χ4v) is 3.16. The molecule has 0 aliphatic carbocycles. The Kier molecular flexibility index (Phi) is 6.19. The van der Waals surface area contributed by atoms with E-state index in [-0.39, 0.29) is 10.9 Å². The summed E-state index contributed by atoms with van der Waals surface area (Å²) >= 11 is 5.74. The molecule has 3 rings (SSSR count). The van der Waals surface area contributed by atoms with Crippen molar-refractivity contribution in [3.05, 3.63) is 58.6 Å². The zero-order chi connectivity index (χ0) is 18.5. The first kappa shape index (κ1) is 18.8. The average molecular weight is 377 g/mol. The largest absolute Gasteiger partial charge is 0.325 e. The molecule has 1 aromatic heterocycles. The van der Waals surface area contributed by atoms with Crippen LogP contribution in [0.5, 0.6) is 0 Å². The Labute approximate surface area is 157 Å². The van der Waals surface area contributed by atoms with Gasteiger partial charge in [0.1, 0.15) is 5.82 Å². The fraction of sp³-hybridized carbons (Fsp3) is 0.368. The molecule has 5 nitrogen and oxygen atoms in total. The number of aromatic nitrogens is 1. The van der Waals surface area contributed by atoms with Crippen LogP contribution in [0.3, 0.4) is 0 Å². The summed E-state index contributed by atoms with van der Waals surface area (Å²) in [5.41, 5.74) is 2.81. The van der Waals surface area contributed by atoms with Crippen LogP contribution < -0.4 is 5.32 Å². The first-order chi connectivity index (χ1) is 12.5. The van der Waals surface area contributed by atoms with Crippen LogP contribution in [-0.2, 0) is 11.3 Å². The minimum atomic E-state index is -0.496. The lowest BCUT2D eigenvalue weighted by molar-refractivity contribution is -0.117. The molecule has 1 aromatic carbocycles. The highest BCUT2D eigenvalue weighted by Gasteiger charge is 2.20. The maximum atomic E-state index is 13.2. The third-order valence-electron chi connectivity index (χ3n) is 4.53.